The van der Waals surface area contributed by atoms with Gasteiger partial charge in [-0.25, -0.2) is 9.37 Å². The van der Waals surface area contributed by atoms with Gasteiger partial charge in [-0.2, -0.15) is 9.49 Å². The highest BCUT2D eigenvalue weighted by molar-refractivity contribution is 7.11. The fraction of sp³-hybridized carbons (Fsp3) is 0.167. The third-order valence-electron chi connectivity index (χ3n) is 7.03. The van der Waals surface area contributed by atoms with E-state index in [-0.39, 0.29) is 33.6 Å². The lowest BCUT2D eigenvalue weighted by molar-refractivity contribution is -0.118. The van der Waals surface area contributed by atoms with E-state index in [1.54, 1.807) is 32.1 Å². The standard InChI is InChI=1S/C30H26F2N8OS/c1-14(2)30(41)37-17-8-15(11-35-12-17)19-13-36-29-26(27(19)32)28(39-40-29)22-10-20(34-3)25-18(23-6-7-24(31)42-23)5-4-16(33)9-21(25)38-22/h4-8,10-14,20,38H,3,9,33H2,1-2H3,(H,37,41)(H,36,39,40). The summed E-state index contributed by atoms with van der Waals surface area (Å²) >= 11 is 1.03. The van der Waals surface area contributed by atoms with Crippen molar-refractivity contribution in [2.45, 2.75) is 26.3 Å². The van der Waals surface area contributed by atoms with Crippen LogP contribution in [0.1, 0.15) is 30.8 Å². The van der Waals surface area contributed by atoms with Gasteiger partial charge in [0.1, 0.15) is 5.82 Å². The Morgan fingerprint density at radius 3 is 2.81 bits per heavy atom. The van der Waals surface area contributed by atoms with Crippen molar-refractivity contribution >= 4 is 52.0 Å². The molecule has 212 valence electrons. The number of nitrogens with one attached hydrogen (secondary N) is 3. The van der Waals surface area contributed by atoms with Gasteiger partial charge >= 0.3 is 0 Å². The number of carbonyl (C=O) groups excluding carboxylic acids is 1. The summed E-state index contributed by atoms with van der Waals surface area (Å²) in [6, 6.07) is 4.25. The molecule has 0 spiro atoms. The normalized spacial score (nSPS) is 16.8. The molecule has 1 aliphatic heterocycles. The molecule has 5 N–H and O–H groups in total. The van der Waals surface area contributed by atoms with Gasteiger partial charge in [-0.3, -0.25) is 19.9 Å². The minimum absolute atomic E-state index is 0.169. The van der Waals surface area contributed by atoms with Gasteiger partial charge in [0.15, 0.2) is 10.8 Å². The number of aliphatic imine (C=N–C) groups is 1. The highest BCUT2D eigenvalue weighted by Crippen LogP contribution is 2.40. The number of amides is 1. The molecule has 1 unspecified atom stereocenters. The second-order valence-corrected chi connectivity index (χ2v) is 11.3. The first-order chi connectivity index (χ1) is 20.2. The molecular weight excluding hydrogens is 558 g/mol. The smallest absolute Gasteiger partial charge is 0.226 e. The van der Waals surface area contributed by atoms with Crippen LogP contribution >= 0.6 is 11.3 Å². The molecule has 0 aromatic carbocycles. The average Bonchev–Trinajstić information content (AvgIpc) is 3.56. The first-order valence-electron chi connectivity index (χ1n) is 13.1. The summed E-state index contributed by atoms with van der Waals surface area (Å²) in [5.41, 5.74) is 11.4. The predicted octanol–water partition coefficient (Wildman–Crippen LogP) is 5.55. The van der Waals surface area contributed by atoms with Crippen molar-refractivity contribution in [1.82, 2.24) is 25.5 Å². The van der Waals surface area contributed by atoms with Crippen LogP contribution in [0.15, 0.2) is 77.0 Å². The van der Waals surface area contributed by atoms with E-state index in [9.17, 15) is 9.18 Å². The molecule has 0 radical (unpaired) electrons. The van der Waals surface area contributed by atoms with Gasteiger partial charge in [-0.05, 0) is 42.6 Å². The Balaban J connectivity index is 1.41. The molecule has 2 aliphatic rings. The van der Waals surface area contributed by atoms with Crippen LogP contribution in [0, 0.1) is 16.9 Å². The lowest BCUT2D eigenvalue weighted by atomic mass is 9.90. The first-order valence-corrected chi connectivity index (χ1v) is 13.9. The number of nitrogens with two attached hydrogens (primary N) is 1. The van der Waals surface area contributed by atoms with Crippen molar-refractivity contribution in [1.29, 1.82) is 0 Å². The zero-order valence-corrected chi connectivity index (χ0v) is 23.5. The number of pyridine rings is 2. The number of nitrogens with zero attached hydrogens (tertiary/aromatic N) is 4. The Hall–Kier alpha value is -4.97. The predicted molar refractivity (Wildman–Crippen MR) is 161 cm³/mol. The first kappa shape index (κ1) is 27.2. The maximum atomic E-state index is 16.3. The van der Waals surface area contributed by atoms with Crippen LogP contribution in [0.2, 0.25) is 0 Å². The van der Waals surface area contributed by atoms with Gasteiger partial charge in [-0.15, -0.1) is 11.3 Å². The largest absolute Gasteiger partial charge is 0.402 e. The van der Waals surface area contributed by atoms with Crippen LogP contribution in [0.25, 0.3) is 33.4 Å². The minimum Gasteiger partial charge on any atom is -0.402 e. The maximum Gasteiger partial charge on any atom is 0.226 e. The van der Waals surface area contributed by atoms with Crippen molar-refractivity contribution in [3.8, 4) is 11.1 Å². The molecule has 0 fully saturated rings. The van der Waals surface area contributed by atoms with Crippen LogP contribution in [-0.4, -0.2) is 38.8 Å². The van der Waals surface area contributed by atoms with Gasteiger partial charge in [0.2, 0.25) is 5.91 Å². The number of allylic oxidation sites excluding steroid dienone is 2. The van der Waals surface area contributed by atoms with Crippen molar-refractivity contribution in [3.05, 3.63) is 93.5 Å². The fourth-order valence-electron chi connectivity index (χ4n) is 4.95. The number of carbonyl (C=O) groups is 1. The summed E-state index contributed by atoms with van der Waals surface area (Å²) in [4.78, 5) is 25.8. The summed E-state index contributed by atoms with van der Waals surface area (Å²) in [6.45, 7) is 7.36. The molecule has 12 heteroatoms. The molecule has 0 saturated carbocycles. The third-order valence-corrected chi connectivity index (χ3v) is 7.94. The number of rotatable bonds is 6. The highest BCUT2D eigenvalue weighted by atomic mass is 32.1. The molecule has 0 bridgehead atoms. The zero-order valence-electron chi connectivity index (χ0n) is 22.7. The number of thiophene rings is 1. The molecular formula is C30H26F2N8OS. The molecule has 4 aromatic rings. The average molecular weight is 585 g/mol. The zero-order chi connectivity index (χ0) is 29.5. The van der Waals surface area contributed by atoms with E-state index in [0.717, 1.165) is 33.1 Å². The van der Waals surface area contributed by atoms with E-state index in [1.807, 2.05) is 12.2 Å². The highest BCUT2D eigenvalue weighted by Gasteiger charge is 2.30. The molecule has 1 atom stereocenters. The molecule has 6 rings (SSSR count). The van der Waals surface area contributed by atoms with E-state index >= 15 is 4.39 Å². The maximum absolute atomic E-state index is 16.3. The molecule has 9 nitrogen and oxygen atoms in total. The number of hydrogen-bond donors (Lipinski definition) is 4. The van der Waals surface area contributed by atoms with Gasteiger partial charge in [0.05, 0.1) is 34.7 Å². The number of fused-ring (bicyclic) bond motifs is 1. The molecule has 0 saturated heterocycles. The topological polar surface area (TPSA) is 134 Å². The fourth-order valence-corrected chi connectivity index (χ4v) is 5.72. The molecule has 5 heterocycles. The van der Waals surface area contributed by atoms with Gasteiger partial charge in [-0.1, -0.05) is 19.9 Å². The lowest BCUT2D eigenvalue weighted by Gasteiger charge is -2.27. The van der Waals surface area contributed by atoms with Crippen molar-refractivity contribution in [2.24, 2.45) is 16.6 Å². The van der Waals surface area contributed by atoms with Crippen LogP contribution in [0.3, 0.4) is 0 Å². The van der Waals surface area contributed by atoms with E-state index in [2.05, 4.69) is 42.5 Å². The second-order valence-electron chi connectivity index (χ2n) is 10.2. The Morgan fingerprint density at radius 1 is 1.24 bits per heavy atom. The summed E-state index contributed by atoms with van der Waals surface area (Å²) in [5, 5.41) is 13.2. The van der Waals surface area contributed by atoms with Crippen LogP contribution in [0.5, 0.6) is 0 Å². The summed E-state index contributed by atoms with van der Waals surface area (Å²) in [6.07, 6.45) is 10.2. The number of halogens is 2. The summed E-state index contributed by atoms with van der Waals surface area (Å²) in [5.74, 6) is -0.959. The van der Waals surface area contributed by atoms with Crippen molar-refractivity contribution in [3.63, 3.8) is 0 Å². The molecule has 1 aliphatic carbocycles. The molecule has 4 aromatic heterocycles. The Morgan fingerprint density at radius 2 is 2.07 bits per heavy atom. The lowest BCUT2D eigenvalue weighted by Crippen LogP contribution is -2.26. The second kappa shape index (κ2) is 10.8. The minimum atomic E-state index is -0.557. The van der Waals surface area contributed by atoms with Crippen LogP contribution in [-0.2, 0) is 4.79 Å². The van der Waals surface area contributed by atoms with E-state index < -0.39 is 11.9 Å². The number of H-pyrrole nitrogens is 1. The van der Waals surface area contributed by atoms with E-state index in [1.165, 1.54) is 24.7 Å². The van der Waals surface area contributed by atoms with Gasteiger partial charge < -0.3 is 16.4 Å². The van der Waals surface area contributed by atoms with E-state index in [0.29, 0.717) is 34.8 Å². The quantitative estimate of drug-likeness (QED) is 0.220. The molecule has 1 amide bonds. The number of aromatic nitrogens is 4. The molecule has 42 heavy (non-hydrogen) atoms. The van der Waals surface area contributed by atoms with E-state index in [4.69, 9.17) is 5.73 Å². The van der Waals surface area contributed by atoms with Crippen LogP contribution in [0.4, 0.5) is 14.5 Å². The van der Waals surface area contributed by atoms with Crippen molar-refractivity contribution in [2.75, 3.05) is 5.32 Å². The van der Waals surface area contributed by atoms with Crippen molar-refractivity contribution < 1.29 is 13.6 Å². The van der Waals surface area contributed by atoms with Gasteiger partial charge in [0, 0.05) is 57.7 Å². The number of dihydropyridines is 1. The van der Waals surface area contributed by atoms with Crippen LogP contribution < -0.4 is 16.4 Å². The Kier molecular flexibility index (Phi) is 6.99. The Labute approximate surface area is 243 Å². The number of anilines is 1. The number of aromatic amines is 1. The number of hydrogen-bond acceptors (Lipinski definition) is 8. The third kappa shape index (κ3) is 4.90. The van der Waals surface area contributed by atoms with Gasteiger partial charge in [0.25, 0.3) is 0 Å². The SMILES string of the molecule is C=NC1C=C(c2[nH]nc3ncc(-c4cncc(NC(=O)C(C)C)c4)c(F)c23)NC2=C1C(c1ccc(F)s1)=CC=C(N)C2. The summed E-state index contributed by atoms with van der Waals surface area (Å²) < 4.78 is 30.2. The Bertz CT molecular complexity index is 1880. The monoisotopic (exact) mass is 584 g/mol. The summed E-state index contributed by atoms with van der Waals surface area (Å²) in [7, 11) is 0.